The van der Waals surface area contributed by atoms with Crippen LogP contribution in [0.2, 0.25) is 5.02 Å². The highest BCUT2D eigenvalue weighted by Crippen LogP contribution is 2.32. The Morgan fingerprint density at radius 1 is 1.37 bits per heavy atom. The smallest absolute Gasteiger partial charge is 0.0426 e. The van der Waals surface area contributed by atoms with Gasteiger partial charge < -0.3 is 10.6 Å². The predicted octanol–water partition coefficient (Wildman–Crippen LogP) is 3.71. The van der Waals surface area contributed by atoms with Crippen LogP contribution in [0.5, 0.6) is 0 Å². The van der Waals surface area contributed by atoms with Gasteiger partial charge in [0.2, 0.25) is 0 Å². The molecule has 0 spiro atoms. The highest BCUT2D eigenvalue weighted by atomic mass is 35.5. The maximum absolute atomic E-state index is 6.17. The Kier molecular flexibility index (Phi) is 4.75. The van der Waals surface area contributed by atoms with Gasteiger partial charge in [-0.1, -0.05) is 31.5 Å². The zero-order valence-electron chi connectivity index (χ0n) is 12.2. The summed E-state index contributed by atoms with van der Waals surface area (Å²) in [4.78, 5) is 2.48. The Hall–Kier alpha value is -0.730. The van der Waals surface area contributed by atoms with Crippen LogP contribution in [0.3, 0.4) is 0 Å². The molecule has 0 radical (unpaired) electrons. The fourth-order valence-corrected chi connectivity index (χ4v) is 3.07. The number of rotatable bonds is 4. The molecule has 106 valence electrons. The van der Waals surface area contributed by atoms with Crippen LogP contribution in [0.15, 0.2) is 18.2 Å². The van der Waals surface area contributed by atoms with E-state index in [4.69, 9.17) is 17.3 Å². The first-order chi connectivity index (χ1) is 8.97. The lowest BCUT2D eigenvalue weighted by molar-refractivity contribution is 0.422. The van der Waals surface area contributed by atoms with E-state index in [2.05, 4.69) is 37.8 Å². The Labute approximate surface area is 121 Å². The molecule has 1 aromatic rings. The number of hydrogen-bond donors (Lipinski definition) is 1. The van der Waals surface area contributed by atoms with Crippen molar-refractivity contribution in [1.29, 1.82) is 0 Å². The summed E-state index contributed by atoms with van der Waals surface area (Å²) in [5, 5.41) is 0.816. The normalized spacial score (nSPS) is 21.2. The van der Waals surface area contributed by atoms with Gasteiger partial charge in [0.25, 0.3) is 0 Å². The van der Waals surface area contributed by atoms with Crippen molar-refractivity contribution < 1.29 is 0 Å². The van der Waals surface area contributed by atoms with Gasteiger partial charge in [-0.3, -0.25) is 0 Å². The van der Waals surface area contributed by atoms with Gasteiger partial charge in [0.05, 0.1) is 0 Å². The first kappa shape index (κ1) is 14.7. The van der Waals surface area contributed by atoms with Crippen LogP contribution >= 0.6 is 11.6 Å². The molecule has 2 atom stereocenters. The number of hydrogen-bond acceptors (Lipinski definition) is 2. The van der Waals surface area contributed by atoms with E-state index < -0.39 is 0 Å². The van der Waals surface area contributed by atoms with Crippen molar-refractivity contribution >= 4 is 17.3 Å². The van der Waals surface area contributed by atoms with Gasteiger partial charge in [-0.25, -0.2) is 0 Å². The monoisotopic (exact) mass is 280 g/mol. The van der Waals surface area contributed by atoms with Crippen molar-refractivity contribution in [3.63, 3.8) is 0 Å². The molecular formula is C16H25ClN2. The van der Waals surface area contributed by atoms with Crippen molar-refractivity contribution in [2.45, 2.75) is 39.7 Å². The summed E-state index contributed by atoms with van der Waals surface area (Å²) in [7, 11) is 0. The molecule has 0 bridgehead atoms. The predicted molar refractivity (Wildman–Crippen MR) is 84.0 cm³/mol. The molecule has 0 saturated carbocycles. The molecule has 3 heteroatoms. The summed E-state index contributed by atoms with van der Waals surface area (Å²) in [6.07, 6.45) is 2.19. The second kappa shape index (κ2) is 6.15. The van der Waals surface area contributed by atoms with Gasteiger partial charge in [0.1, 0.15) is 0 Å². The lowest BCUT2D eigenvalue weighted by Crippen LogP contribution is -2.24. The lowest BCUT2D eigenvalue weighted by Gasteiger charge is -2.24. The third-order valence-electron chi connectivity index (χ3n) is 4.10. The molecule has 2 nitrogen and oxygen atoms in total. The number of nitrogens with zero attached hydrogens (tertiary/aromatic N) is 1. The standard InChI is InChI=1S/C16H25ClN2/c1-11(2)14-6-7-19(10-14)16-9-15(17)5-4-13(16)8-12(3)18/h4-5,9,11-12,14H,6-8,10,18H2,1-3H3. The highest BCUT2D eigenvalue weighted by Gasteiger charge is 2.26. The van der Waals surface area contributed by atoms with E-state index in [0.29, 0.717) is 0 Å². The molecule has 0 aliphatic carbocycles. The van der Waals surface area contributed by atoms with Gasteiger partial charge in [-0.15, -0.1) is 0 Å². The molecule has 0 aromatic heterocycles. The van der Waals surface area contributed by atoms with E-state index in [-0.39, 0.29) is 6.04 Å². The van der Waals surface area contributed by atoms with Crippen LogP contribution in [-0.2, 0) is 6.42 Å². The van der Waals surface area contributed by atoms with Crippen LogP contribution in [0.1, 0.15) is 32.8 Å². The molecule has 2 N–H and O–H groups in total. The van der Waals surface area contributed by atoms with Crippen LogP contribution in [0.4, 0.5) is 5.69 Å². The van der Waals surface area contributed by atoms with Crippen molar-refractivity contribution in [3.05, 3.63) is 28.8 Å². The van der Waals surface area contributed by atoms with E-state index in [1.54, 1.807) is 0 Å². The second-order valence-electron chi connectivity index (χ2n) is 6.19. The molecule has 1 heterocycles. The molecule has 2 rings (SSSR count). The van der Waals surface area contributed by atoms with E-state index in [1.165, 1.54) is 17.7 Å². The van der Waals surface area contributed by atoms with Gasteiger partial charge in [0.15, 0.2) is 0 Å². The summed E-state index contributed by atoms with van der Waals surface area (Å²) in [6, 6.07) is 6.38. The fraction of sp³-hybridized carbons (Fsp3) is 0.625. The minimum Gasteiger partial charge on any atom is -0.371 e. The molecule has 1 aliphatic rings. The summed E-state index contributed by atoms with van der Waals surface area (Å²) >= 11 is 6.17. The number of halogens is 1. The molecule has 2 unspecified atom stereocenters. The largest absolute Gasteiger partial charge is 0.371 e. The lowest BCUT2D eigenvalue weighted by atomic mass is 9.95. The minimum absolute atomic E-state index is 0.184. The Morgan fingerprint density at radius 2 is 2.11 bits per heavy atom. The number of nitrogens with two attached hydrogens (primary N) is 1. The topological polar surface area (TPSA) is 29.3 Å². The third kappa shape index (κ3) is 3.64. The highest BCUT2D eigenvalue weighted by molar-refractivity contribution is 6.30. The van der Waals surface area contributed by atoms with Crippen LogP contribution in [0, 0.1) is 11.8 Å². The van der Waals surface area contributed by atoms with E-state index >= 15 is 0 Å². The Morgan fingerprint density at radius 3 is 2.68 bits per heavy atom. The van der Waals surface area contributed by atoms with E-state index in [9.17, 15) is 0 Å². The average molecular weight is 281 g/mol. The van der Waals surface area contributed by atoms with Crippen molar-refractivity contribution in [3.8, 4) is 0 Å². The first-order valence-corrected chi connectivity index (χ1v) is 7.64. The third-order valence-corrected chi connectivity index (χ3v) is 4.33. The van der Waals surface area contributed by atoms with Gasteiger partial charge in [0, 0.05) is 29.8 Å². The zero-order valence-corrected chi connectivity index (χ0v) is 13.0. The summed E-state index contributed by atoms with van der Waals surface area (Å²) in [6.45, 7) is 8.96. The Bertz CT molecular complexity index is 429. The SMILES string of the molecule is CC(N)Cc1ccc(Cl)cc1N1CCC(C(C)C)C1. The maximum atomic E-state index is 6.17. The van der Waals surface area contributed by atoms with Crippen molar-refractivity contribution in [1.82, 2.24) is 0 Å². The molecule has 1 fully saturated rings. The quantitative estimate of drug-likeness (QED) is 0.911. The van der Waals surface area contributed by atoms with Gasteiger partial charge in [-0.05, 0) is 49.3 Å². The second-order valence-corrected chi connectivity index (χ2v) is 6.63. The summed E-state index contributed by atoms with van der Waals surface area (Å²) < 4.78 is 0. The van der Waals surface area contributed by atoms with Gasteiger partial charge >= 0.3 is 0 Å². The number of anilines is 1. The molecule has 1 aromatic carbocycles. The summed E-state index contributed by atoms with van der Waals surface area (Å²) in [5.41, 5.74) is 8.56. The average Bonchev–Trinajstić information content (AvgIpc) is 2.80. The molecule has 0 amide bonds. The summed E-state index contributed by atoms with van der Waals surface area (Å²) in [5.74, 6) is 1.54. The minimum atomic E-state index is 0.184. The molecular weight excluding hydrogens is 256 g/mol. The van der Waals surface area contributed by atoms with Crippen molar-refractivity contribution in [2.75, 3.05) is 18.0 Å². The first-order valence-electron chi connectivity index (χ1n) is 7.26. The van der Waals surface area contributed by atoms with Crippen molar-refractivity contribution in [2.24, 2.45) is 17.6 Å². The maximum Gasteiger partial charge on any atom is 0.0426 e. The van der Waals surface area contributed by atoms with Crippen LogP contribution in [0.25, 0.3) is 0 Å². The number of benzene rings is 1. The Balaban J connectivity index is 2.21. The molecule has 19 heavy (non-hydrogen) atoms. The van der Waals surface area contributed by atoms with E-state index in [0.717, 1.165) is 36.4 Å². The molecule has 1 aliphatic heterocycles. The zero-order chi connectivity index (χ0) is 14.0. The van der Waals surface area contributed by atoms with Crippen LogP contribution in [-0.4, -0.2) is 19.1 Å². The van der Waals surface area contributed by atoms with Crippen LogP contribution < -0.4 is 10.6 Å². The molecule has 1 saturated heterocycles. The van der Waals surface area contributed by atoms with E-state index in [1.807, 2.05) is 6.07 Å². The fourth-order valence-electron chi connectivity index (χ4n) is 2.90. The van der Waals surface area contributed by atoms with Gasteiger partial charge in [-0.2, -0.15) is 0 Å².